The molecule has 2 heterocycles. The molecule has 152 valence electrons. The third kappa shape index (κ3) is 3.52. The molecule has 1 aromatic heterocycles. The molecule has 1 unspecified atom stereocenters. The maximum Gasteiger partial charge on any atom is 0.250 e. The minimum atomic E-state index is -0.381. The summed E-state index contributed by atoms with van der Waals surface area (Å²) in [5.74, 6) is 3.97. The van der Waals surface area contributed by atoms with Crippen molar-refractivity contribution in [3.05, 3.63) is 23.9 Å². The van der Waals surface area contributed by atoms with E-state index in [1.54, 1.807) is 13.3 Å². The maximum atomic E-state index is 13.0. The molecule has 1 atom stereocenters. The molecule has 1 aromatic rings. The predicted molar refractivity (Wildman–Crippen MR) is 105 cm³/mol. The van der Waals surface area contributed by atoms with Crippen molar-refractivity contribution in [3.8, 4) is 5.88 Å². The predicted octanol–water partition coefficient (Wildman–Crippen LogP) is 2.23. The highest BCUT2D eigenvalue weighted by atomic mass is 16.5. The van der Waals surface area contributed by atoms with Gasteiger partial charge in [-0.2, -0.15) is 0 Å². The van der Waals surface area contributed by atoms with Crippen LogP contribution < -0.4 is 10.1 Å². The number of hydrogen-bond donors (Lipinski definition) is 1. The Morgan fingerprint density at radius 3 is 2.71 bits per heavy atom. The lowest BCUT2D eigenvalue weighted by Crippen LogP contribution is -2.59. The number of nitrogens with one attached hydrogen (secondary N) is 1. The fraction of sp³-hybridized carbons (Fsp3) is 0.727. The molecule has 4 bridgehead atoms. The van der Waals surface area contributed by atoms with Crippen molar-refractivity contribution in [1.82, 2.24) is 15.2 Å². The van der Waals surface area contributed by atoms with Gasteiger partial charge in [0.1, 0.15) is 6.10 Å². The van der Waals surface area contributed by atoms with Crippen molar-refractivity contribution >= 4 is 5.91 Å². The summed E-state index contributed by atoms with van der Waals surface area (Å²) >= 11 is 0. The van der Waals surface area contributed by atoms with Gasteiger partial charge in [0.15, 0.2) is 0 Å². The second-order valence-electron chi connectivity index (χ2n) is 9.23. The fourth-order valence-electron chi connectivity index (χ4n) is 6.39. The van der Waals surface area contributed by atoms with Crippen LogP contribution in [0.2, 0.25) is 0 Å². The van der Waals surface area contributed by atoms with Crippen LogP contribution in [0.1, 0.15) is 37.7 Å². The molecule has 6 nitrogen and oxygen atoms in total. The number of rotatable bonds is 5. The molecule has 6 rings (SSSR count). The quantitative estimate of drug-likeness (QED) is 0.842. The molecule has 4 aliphatic carbocycles. The van der Waals surface area contributed by atoms with Crippen molar-refractivity contribution < 1.29 is 14.3 Å². The summed E-state index contributed by atoms with van der Waals surface area (Å²) in [6, 6.07) is 4.33. The van der Waals surface area contributed by atoms with Gasteiger partial charge < -0.3 is 14.8 Å². The monoisotopic (exact) mass is 385 g/mol. The number of morpholine rings is 1. The van der Waals surface area contributed by atoms with Gasteiger partial charge in [-0.25, -0.2) is 4.98 Å². The zero-order chi connectivity index (χ0) is 19.1. The Hall–Kier alpha value is -1.66. The number of amides is 1. The first-order valence-corrected chi connectivity index (χ1v) is 10.8. The van der Waals surface area contributed by atoms with Crippen LogP contribution in [0.3, 0.4) is 0 Å². The zero-order valence-corrected chi connectivity index (χ0v) is 16.7. The highest BCUT2D eigenvalue weighted by molar-refractivity contribution is 5.81. The molecule has 5 fully saturated rings. The molecule has 1 N–H and O–H groups in total. The smallest absolute Gasteiger partial charge is 0.250 e. The van der Waals surface area contributed by atoms with Crippen LogP contribution in [-0.2, 0) is 16.1 Å². The van der Waals surface area contributed by atoms with Crippen LogP contribution in [0.5, 0.6) is 5.88 Å². The molecule has 1 saturated heterocycles. The lowest BCUT2D eigenvalue weighted by molar-refractivity contribution is -0.142. The van der Waals surface area contributed by atoms with E-state index in [9.17, 15) is 4.79 Å². The van der Waals surface area contributed by atoms with Gasteiger partial charge in [0.05, 0.1) is 13.7 Å². The Morgan fingerprint density at radius 2 is 2.00 bits per heavy atom. The average Bonchev–Trinajstić information content (AvgIpc) is 2.70. The summed E-state index contributed by atoms with van der Waals surface area (Å²) < 4.78 is 11.2. The number of nitrogens with zero attached hydrogens (tertiary/aromatic N) is 2. The summed E-state index contributed by atoms with van der Waals surface area (Å²) in [6.45, 7) is 2.75. The van der Waals surface area contributed by atoms with Crippen LogP contribution in [0, 0.1) is 23.7 Å². The molecule has 1 amide bonds. The third-order valence-corrected chi connectivity index (χ3v) is 7.42. The molecule has 4 saturated carbocycles. The second kappa shape index (κ2) is 7.64. The number of aromatic nitrogens is 1. The summed E-state index contributed by atoms with van der Waals surface area (Å²) in [5.41, 5.74) is 1.05. The number of hydrogen-bond acceptors (Lipinski definition) is 5. The van der Waals surface area contributed by atoms with E-state index in [2.05, 4.69) is 15.2 Å². The number of ether oxygens (including phenoxy) is 2. The molecule has 28 heavy (non-hydrogen) atoms. The normalized spacial score (nSPS) is 37.0. The van der Waals surface area contributed by atoms with E-state index in [4.69, 9.17) is 9.47 Å². The number of carbonyl (C=O) groups excluding carboxylic acids is 1. The maximum absolute atomic E-state index is 13.0. The number of carbonyl (C=O) groups is 1. The van der Waals surface area contributed by atoms with Crippen molar-refractivity contribution in [2.24, 2.45) is 23.7 Å². The lowest BCUT2D eigenvalue weighted by atomic mass is 9.54. The van der Waals surface area contributed by atoms with Gasteiger partial charge in [-0.15, -0.1) is 0 Å². The van der Waals surface area contributed by atoms with E-state index >= 15 is 0 Å². The van der Waals surface area contributed by atoms with Crippen LogP contribution in [-0.4, -0.2) is 54.7 Å². The summed E-state index contributed by atoms with van der Waals surface area (Å²) in [7, 11) is 1.65. The first-order valence-electron chi connectivity index (χ1n) is 10.8. The summed E-state index contributed by atoms with van der Waals surface area (Å²) in [4.78, 5) is 19.6. The van der Waals surface area contributed by atoms with Crippen LogP contribution >= 0.6 is 0 Å². The molecular weight excluding hydrogens is 354 g/mol. The molecule has 1 aliphatic heterocycles. The van der Waals surface area contributed by atoms with Gasteiger partial charge in [-0.05, 0) is 61.8 Å². The first kappa shape index (κ1) is 18.4. The third-order valence-electron chi connectivity index (χ3n) is 7.42. The van der Waals surface area contributed by atoms with Gasteiger partial charge in [-0.1, -0.05) is 6.07 Å². The van der Waals surface area contributed by atoms with E-state index in [1.807, 2.05) is 12.1 Å². The Kier molecular flexibility index (Phi) is 5.01. The Morgan fingerprint density at radius 1 is 1.25 bits per heavy atom. The molecule has 6 heteroatoms. The highest BCUT2D eigenvalue weighted by Gasteiger charge is 2.49. The Bertz CT molecular complexity index is 697. The SMILES string of the molecule is COc1ncccc1CN1CCOC(C(=O)NC2C3CC4CC(C3)CC2C4)C1. The Balaban J connectivity index is 1.20. The molecule has 0 aromatic carbocycles. The van der Waals surface area contributed by atoms with Gasteiger partial charge >= 0.3 is 0 Å². The molecule has 0 spiro atoms. The highest BCUT2D eigenvalue weighted by Crippen LogP contribution is 2.53. The van der Waals surface area contributed by atoms with Gasteiger partial charge in [-0.3, -0.25) is 9.69 Å². The van der Waals surface area contributed by atoms with Crippen LogP contribution in [0.15, 0.2) is 18.3 Å². The van der Waals surface area contributed by atoms with Crippen molar-refractivity contribution in [3.63, 3.8) is 0 Å². The van der Waals surface area contributed by atoms with Gasteiger partial charge in [0.25, 0.3) is 5.91 Å². The van der Waals surface area contributed by atoms with E-state index in [0.717, 1.165) is 30.5 Å². The van der Waals surface area contributed by atoms with Crippen LogP contribution in [0.25, 0.3) is 0 Å². The largest absolute Gasteiger partial charge is 0.481 e. The average molecular weight is 386 g/mol. The van der Waals surface area contributed by atoms with E-state index in [-0.39, 0.29) is 12.0 Å². The summed E-state index contributed by atoms with van der Waals surface area (Å²) in [6.07, 6.45) is 8.06. The van der Waals surface area contributed by atoms with E-state index in [0.29, 0.717) is 36.9 Å². The number of methoxy groups -OCH3 is 1. The molecular formula is C22H31N3O3. The summed E-state index contributed by atoms with van der Waals surface area (Å²) in [5, 5.41) is 3.41. The number of pyridine rings is 1. The minimum absolute atomic E-state index is 0.0836. The molecule has 5 aliphatic rings. The van der Waals surface area contributed by atoms with Crippen molar-refractivity contribution in [1.29, 1.82) is 0 Å². The van der Waals surface area contributed by atoms with E-state index in [1.165, 1.54) is 32.1 Å². The lowest BCUT2D eigenvalue weighted by Gasteiger charge is -2.54. The fourth-order valence-corrected chi connectivity index (χ4v) is 6.39. The minimum Gasteiger partial charge on any atom is -0.481 e. The Labute approximate surface area is 167 Å². The first-order chi connectivity index (χ1) is 13.7. The van der Waals surface area contributed by atoms with E-state index < -0.39 is 0 Å². The topological polar surface area (TPSA) is 63.7 Å². The zero-order valence-electron chi connectivity index (χ0n) is 16.7. The van der Waals surface area contributed by atoms with Crippen LogP contribution in [0.4, 0.5) is 0 Å². The van der Waals surface area contributed by atoms with Gasteiger partial charge in [0.2, 0.25) is 5.88 Å². The van der Waals surface area contributed by atoms with Crippen molar-refractivity contribution in [2.45, 2.75) is 50.8 Å². The van der Waals surface area contributed by atoms with Gasteiger partial charge in [0, 0.05) is 37.4 Å². The van der Waals surface area contributed by atoms with Crippen molar-refractivity contribution in [2.75, 3.05) is 26.8 Å². The second-order valence-corrected chi connectivity index (χ2v) is 9.23. The molecule has 0 radical (unpaired) electrons. The standard InChI is InChI=1S/C22H31N3O3/c1-27-22-16(3-2-4-23-22)12-25-5-6-28-19(13-25)21(26)24-20-17-8-14-7-15(10-17)11-18(20)9-14/h2-4,14-15,17-20H,5-13H2,1H3,(H,24,26).